The molecule has 0 saturated carbocycles. The van der Waals surface area contributed by atoms with E-state index in [9.17, 15) is 4.79 Å². The van der Waals surface area contributed by atoms with Gasteiger partial charge in [-0.05, 0) is 18.0 Å². The van der Waals surface area contributed by atoms with Gasteiger partial charge in [-0.3, -0.25) is 10.2 Å². The Balaban J connectivity index is 2.94. The molecule has 1 aromatic rings. The number of nitrogens with two attached hydrogens (primary N) is 2. The van der Waals surface area contributed by atoms with Crippen molar-refractivity contribution < 1.29 is 4.79 Å². The SMILES string of the molecule is CCC/C=C\c1c(N)nsc1C(=O)NN. The zero-order valence-electron chi connectivity index (χ0n) is 8.49. The van der Waals surface area contributed by atoms with Crippen molar-refractivity contribution in [2.45, 2.75) is 19.8 Å². The van der Waals surface area contributed by atoms with Crippen LogP contribution in [0.1, 0.15) is 35.0 Å². The fourth-order valence-electron chi connectivity index (χ4n) is 1.07. The third-order valence-corrected chi connectivity index (χ3v) is 2.71. The number of unbranched alkanes of at least 4 members (excludes halogenated alkanes) is 1. The minimum absolute atomic E-state index is 0.361. The van der Waals surface area contributed by atoms with Crippen LogP contribution >= 0.6 is 11.5 Å². The van der Waals surface area contributed by atoms with Crippen LogP contribution in [0.3, 0.4) is 0 Å². The molecule has 1 amide bonds. The average molecular weight is 226 g/mol. The predicted octanol–water partition coefficient (Wildman–Crippen LogP) is 1.14. The molecule has 0 aromatic carbocycles. The van der Waals surface area contributed by atoms with Gasteiger partial charge in [0, 0.05) is 5.56 Å². The van der Waals surface area contributed by atoms with E-state index in [0.717, 1.165) is 24.4 Å². The van der Waals surface area contributed by atoms with E-state index in [1.165, 1.54) is 0 Å². The topological polar surface area (TPSA) is 94.0 Å². The standard InChI is InChI=1S/C9H14N4OS/c1-2-3-4-5-6-7(9(14)12-11)15-13-8(6)10/h4-5H,2-3,11H2,1H3,(H2,10,13)(H,12,14)/b5-4-. The van der Waals surface area contributed by atoms with Gasteiger partial charge in [-0.1, -0.05) is 25.5 Å². The number of allylic oxidation sites excluding steroid dienone is 1. The fourth-order valence-corrected chi connectivity index (χ4v) is 1.77. The van der Waals surface area contributed by atoms with E-state index in [-0.39, 0.29) is 5.91 Å². The summed E-state index contributed by atoms with van der Waals surface area (Å²) in [4.78, 5) is 11.8. The Bertz CT molecular complexity index is 372. The van der Waals surface area contributed by atoms with E-state index < -0.39 is 0 Å². The molecule has 15 heavy (non-hydrogen) atoms. The molecule has 1 heterocycles. The molecule has 0 fully saturated rings. The summed E-state index contributed by atoms with van der Waals surface area (Å²) < 4.78 is 3.92. The van der Waals surface area contributed by atoms with Crippen LogP contribution in [0, 0.1) is 0 Å². The van der Waals surface area contributed by atoms with Gasteiger partial charge in [0.25, 0.3) is 5.91 Å². The molecule has 0 aliphatic rings. The molecular weight excluding hydrogens is 212 g/mol. The molecule has 0 spiro atoms. The largest absolute Gasteiger partial charge is 0.382 e. The lowest BCUT2D eigenvalue weighted by molar-refractivity contribution is 0.0957. The first-order chi connectivity index (χ1) is 7.20. The number of nitrogens with zero attached hydrogens (tertiary/aromatic N) is 1. The van der Waals surface area contributed by atoms with Gasteiger partial charge in [0.15, 0.2) is 0 Å². The van der Waals surface area contributed by atoms with Crippen molar-refractivity contribution >= 4 is 29.3 Å². The number of amides is 1. The number of carbonyl (C=O) groups is 1. The van der Waals surface area contributed by atoms with Gasteiger partial charge in [-0.2, -0.15) is 4.37 Å². The summed E-state index contributed by atoms with van der Waals surface area (Å²) in [6.07, 6.45) is 5.77. The van der Waals surface area contributed by atoms with Gasteiger partial charge in [0.2, 0.25) is 0 Å². The Labute approximate surface area is 92.3 Å². The van der Waals surface area contributed by atoms with Crippen molar-refractivity contribution in [2.24, 2.45) is 5.84 Å². The zero-order valence-corrected chi connectivity index (χ0v) is 9.30. The van der Waals surface area contributed by atoms with Crippen molar-refractivity contribution in [1.29, 1.82) is 0 Å². The number of hydrogen-bond donors (Lipinski definition) is 3. The zero-order chi connectivity index (χ0) is 11.3. The van der Waals surface area contributed by atoms with E-state index in [2.05, 4.69) is 16.7 Å². The molecule has 82 valence electrons. The van der Waals surface area contributed by atoms with E-state index in [4.69, 9.17) is 11.6 Å². The molecule has 5 N–H and O–H groups in total. The highest BCUT2D eigenvalue weighted by molar-refractivity contribution is 7.08. The van der Waals surface area contributed by atoms with Gasteiger partial charge in [0.1, 0.15) is 10.7 Å². The van der Waals surface area contributed by atoms with E-state index in [0.29, 0.717) is 16.3 Å². The predicted molar refractivity (Wildman–Crippen MR) is 62.1 cm³/mol. The van der Waals surface area contributed by atoms with Crippen LogP contribution in [0.4, 0.5) is 5.82 Å². The summed E-state index contributed by atoms with van der Waals surface area (Å²) in [6.45, 7) is 2.08. The third kappa shape index (κ3) is 2.77. The second-order valence-corrected chi connectivity index (χ2v) is 3.75. The Kier molecular flexibility index (Phi) is 4.26. The van der Waals surface area contributed by atoms with Crippen LogP contribution in [0.15, 0.2) is 6.08 Å². The van der Waals surface area contributed by atoms with E-state index in [1.807, 2.05) is 12.2 Å². The Morgan fingerprint density at radius 1 is 1.67 bits per heavy atom. The highest BCUT2D eigenvalue weighted by Gasteiger charge is 2.14. The summed E-state index contributed by atoms with van der Waals surface area (Å²) in [5.41, 5.74) is 8.36. The fraction of sp³-hybridized carbons (Fsp3) is 0.333. The summed E-state index contributed by atoms with van der Waals surface area (Å²) in [5, 5.41) is 0. The molecule has 1 rings (SSSR count). The van der Waals surface area contributed by atoms with Crippen LogP contribution < -0.4 is 17.0 Å². The van der Waals surface area contributed by atoms with Crippen molar-refractivity contribution in [2.75, 3.05) is 5.73 Å². The number of hydrazine groups is 1. The Morgan fingerprint density at radius 2 is 2.40 bits per heavy atom. The quantitative estimate of drug-likeness (QED) is 0.407. The highest BCUT2D eigenvalue weighted by Crippen LogP contribution is 2.22. The first kappa shape index (κ1) is 11.7. The number of aromatic nitrogens is 1. The smallest absolute Gasteiger partial charge is 0.277 e. The lowest BCUT2D eigenvalue weighted by atomic mass is 10.2. The maximum atomic E-state index is 11.3. The second kappa shape index (κ2) is 5.47. The summed E-state index contributed by atoms with van der Waals surface area (Å²) >= 11 is 1.05. The number of carbonyl (C=O) groups excluding carboxylic acids is 1. The number of hydrogen-bond acceptors (Lipinski definition) is 5. The van der Waals surface area contributed by atoms with E-state index in [1.54, 1.807) is 0 Å². The van der Waals surface area contributed by atoms with Crippen LogP contribution in [-0.2, 0) is 0 Å². The number of anilines is 1. The van der Waals surface area contributed by atoms with Gasteiger partial charge in [0.05, 0.1) is 0 Å². The highest BCUT2D eigenvalue weighted by atomic mass is 32.1. The van der Waals surface area contributed by atoms with Gasteiger partial charge >= 0.3 is 0 Å². The third-order valence-electron chi connectivity index (χ3n) is 1.83. The summed E-state index contributed by atoms with van der Waals surface area (Å²) in [6, 6.07) is 0. The normalized spacial score (nSPS) is 10.8. The average Bonchev–Trinajstić information content (AvgIpc) is 2.60. The molecule has 1 aromatic heterocycles. The molecule has 0 radical (unpaired) electrons. The molecule has 0 saturated heterocycles. The number of rotatable bonds is 4. The lowest BCUT2D eigenvalue weighted by Gasteiger charge is -1.97. The molecule has 0 aliphatic carbocycles. The minimum Gasteiger partial charge on any atom is -0.382 e. The second-order valence-electron chi connectivity index (χ2n) is 2.98. The lowest BCUT2D eigenvalue weighted by Crippen LogP contribution is -2.29. The molecule has 6 heteroatoms. The van der Waals surface area contributed by atoms with Crippen molar-refractivity contribution in [3.8, 4) is 0 Å². The van der Waals surface area contributed by atoms with Crippen LogP contribution in [-0.4, -0.2) is 10.3 Å². The van der Waals surface area contributed by atoms with Crippen LogP contribution in [0.5, 0.6) is 0 Å². The van der Waals surface area contributed by atoms with E-state index >= 15 is 0 Å². The molecular formula is C9H14N4OS. The van der Waals surface area contributed by atoms with Crippen LogP contribution in [0.2, 0.25) is 0 Å². The molecule has 0 atom stereocenters. The molecule has 0 bridgehead atoms. The number of nitrogens with one attached hydrogen (secondary N) is 1. The van der Waals surface area contributed by atoms with Gasteiger partial charge < -0.3 is 5.73 Å². The number of nitrogen functional groups attached to an aromatic ring is 2. The van der Waals surface area contributed by atoms with Crippen molar-refractivity contribution in [3.05, 3.63) is 16.5 Å². The first-order valence-corrected chi connectivity index (χ1v) is 5.40. The van der Waals surface area contributed by atoms with Crippen molar-refractivity contribution in [3.63, 3.8) is 0 Å². The van der Waals surface area contributed by atoms with Crippen LogP contribution in [0.25, 0.3) is 6.08 Å². The minimum atomic E-state index is -0.361. The maximum Gasteiger partial charge on any atom is 0.277 e. The Hall–Kier alpha value is -1.40. The van der Waals surface area contributed by atoms with Gasteiger partial charge in [-0.25, -0.2) is 5.84 Å². The molecule has 0 aliphatic heterocycles. The molecule has 5 nitrogen and oxygen atoms in total. The summed E-state index contributed by atoms with van der Waals surface area (Å²) in [5.74, 6) is 5.06. The molecule has 0 unspecified atom stereocenters. The maximum absolute atomic E-state index is 11.3. The van der Waals surface area contributed by atoms with Gasteiger partial charge in [-0.15, -0.1) is 0 Å². The Morgan fingerprint density at radius 3 is 3.00 bits per heavy atom. The van der Waals surface area contributed by atoms with Crippen molar-refractivity contribution in [1.82, 2.24) is 9.80 Å². The monoisotopic (exact) mass is 226 g/mol. The summed E-state index contributed by atoms with van der Waals surface area (Å²) in [7, 11) is 0. The first-order valence-electron chi connectivity index (χ1n) is 4.63.